The highest BCUT2D eigenvalue weighted by Gasteiger charge is 2.42. The van der Waals surface area contributed by atoms with E-state index in [1.807, 2.05) is 13.8 Å². The molecule has 0 amide bonds. The maximum atomic E-state index is 12.8. The summed E-state index contributed by atoms with van der Waals surface area (Å²) in [5.41, 5.74) is -0.481. The van der Waals surface area contributed by atoms with Crippen LogP contribution in [-0.4, -0.2) is 61.3 Å². The molecule has 0 bridgehead atoms. The predicted molar refractivity (Wildman–Crippen MR) is 75.5 cm³/mol. The van der Waals surface area contributed by atoms with Crippen molar-refractivity contribution in [3.63, 3.8) is 0 Å². The van der Waals surface area contributed by atoms with Crippen molar-refractivity contribution in [1.29, 1.82) is 0 Å². The molecule has 5 nitrogen and oxygen atoms in total. The van der Waals surface area contributed by atoms with Crippen LogP contribution in [0.1, 0.15) is 26.7 Å². The molecule has 2 heterocycles. The van der Waals surface area contributed by atoms with Gasteiger partial charge in [0.15, 0.2) is 0 Å². The Bertz CT molecular complexity index is 413. The lowest BCUT2D eigenvalue weighted by molar-refractivity contribution is -0.0111. The standard InChI is InChI=1S/C12H23ClN2O3S/c1-12(2)10-18-7-6-15(12)19(16,17)14-5-3-4-11(8-13)9-14/h11H,3-10H2,1-2H3. The van der Waals surface area contributed by atoms with Gasteiger partial charge >= 0.3 is 0 Å². The molecule has 2 fully saturated rings. The van der Waals surface area contributed by atoms with Crippen molar-refractivity contribution in [2.45, 2.75) is 32.2 Å². The van der Waals surface area contributed by atoms with Crippen LogP contribution < -0.4 is 0 Å². The topological polar surface area (TPSA) is 49.9 Å². The molecule has 0 saturated carbocycles. The summed E-state index contributed by atoms with van der Waals surface area (Å²) in [7, 11) is -3.41. The minimum absolute atomic E-state index is 0.273. The van der Waals surface area contributed by atoms with Crippen LogP contribution in [0, 0.1) is 5.92 Å². The number of rotatable bonds is 3. The Kier molecular flexibility index (Phi) is 4.78. The second-order valence-electron chi connectivity index (χ2n) is 5.97. The largest absolute Gasteiger partial charge is 0.378 e. The molecule has 1 atom stereocenters. The molecule has 19 heavy (non-hydrogen) atoms. The number of hydrogen-bond donors (Lipinski definition) is 0. The van der Waals surface area contributed by atoms with Crippen molar-refractivity contribution < 1.29 is 13.2 Å². The molecule has 7 heteroatoms. The molecule has 0 aromatic carbocycles. The van der Waals surface area contributed by atoms with Crippen LogP contribution in [0.4, 0.5) is 0 Å². The third-order valence-corrected chi connectivity index (χ3v) is 6.53. The van der Waals surface area contributed by atoms with Crippen molar-refractivity contribution >= 4 is 21.8 Å². The average Bonchev–Trinajstić information content (AvgIpc) is 2.38. The van der Waals surface area contributed by atoms with Gasteiger partial charge in [-0.1, -0.05) is 0 Å². The quantitative estimate of drug-likeness (QED) is 0.738. The van der Waals surface area contributed by atoms with Gasteiger partial charge in [-0.25, -0.2) is 0 Å². The van der Waals surface area contributed by atoms with Crippen LogP contribution in [-0.2, 0) is 14.9 Å². The van der Waals surface area contributed by atoms with E-state index in [0.717, 1.165) is 12.8 Å². The van der Waals surface area contributed by atoms with Gasteiger partial charge in [-0.3, -0.25) is 0 Å². The first-order chi connectivity index (χ1) is 8.88. The zero-order valence-electron chi connectivity index (χ0n) is 11.6. The van der Waals surface area contributed by atoms with Gasteiger partial charge in [-0.2, -0.15) is 17.0 Å². The number of morpholine rings is 1. The summed E-state index contributed by atoms with van der Waals surface area (Å²) in [6.45, 7) is 6.30. The molecule has 2 aliphatic rings. The monoisotopic (exact) mass is 310 g/mol. The molecule has 2 saturated heterocycles. The third-order valence-electron chi connectivity index (χ3n) is 3.87. The second-order valence-corrected chi connectivity index (χ2v) is 8.13. The Balaban J connectivity index is 2.16. The van der Waals surface area contributed by atoms with Crippen LogP contribution in [0.2, 0.25) is 0 Å². The normalized spacial score (nSPS) is 30.4. The molecule has 0 radical (unpaired) electrons. The summed E-state index contributed by atoms with van der Waals surface area (Å²) in [6.07, 6.45) is 1.91. The Hall–Kier alpha value is 0.120. The lowest BCUT2D eigenvalue weighted by Gasteiger charge is -2.44. The minimum atomic E-state index is -3.41. The van der Waals surface area contributed by atoms with E-state index in [1.54, 1.807) is 8.61 Å². The first kappa shape index (κ1) is 15.5. The Morgan fingerprint density at radius 2 is 2.11 bits per heavy atom. The highest BCUT2D eigenvalue weighted by molar-refractivity contribution is 7.86. The number of ether oxygens (including phenoxy) is 1. The fourth-order valence-electron chi connectivity index (χ4n) is 2.77. The van der Waals surface area contributed by atoms with Gasteiger partial charge in [0.2, 0.25) is 0 Å². The van der Waals surface area contributed by atoms with Crippen LogP contribution in [0.3, 0.4) is 0 Å². The average molecular weight is 311 g/mol. The summed E-state index contributed by atoms with van der Waals surface area (Å²) < 4.78 is 34.1. The number of alkyl halides is 1. The zero-order chi connectivity index (χ0) is 14.1. The molecular formula is C12H23ClN2O3S. The third kappa shape index (κ3) is 3.24. The Labute approximate surface area is 121 Å². The van der Waals surface area contributed by atoms with Gasteiger partial charge in [0.1, 0.15) is 0 Å². The first-order valence-corrected chi connectivity index (χ1v) is 8.73. The van der Waals surface area contributed by atoms with Crippen LogP contribution in [0.25, 0.3) is 0 Å². The molecular weight excluding hydrogens is 288 g/mol. The van der Waals surface area contributed by atoms with Gasteiger partial charge in [-0.15, -0.1) is 11.6 Å². The number of piperidine rings is 1. The van der Waals surface area contributed by atoms with E-state index >= 15 is 0 Å². The SMILES string of the molecule is CC1(C)COCCN1S(=O)(=O)N1CCCC(CCl)C1. The van der Waals surface area contributed by atoms with Crippen molar-refractivity contribution in [3.8, 4) is 0 Å². The fraction of sp³-hybridized carbons (Fsp3) is 1.00. The summed E-state index contributed by atoms with van der Waals surface area (Å²) in [5, 5.41) is 0. The number of halogens is 1. The molecule has 0 aliphatic carbocycles. The summed E-state index contributed by atoms with van der Waals surface area (Å²) in [6, 6.07) is 0. The molecule has 0 aromatic heterocycles. The highest BCUT2D eigenvalue weighted by atomic mass is 35.5. The summed E-state index contributed by atoms with van der Waals surface area (Å²) >= 11 is 5.88. The van der Waals surface area contributed by atoms with Gasteiger partial charge in [0.05, 0.1) is 18.8 Å². The lowest BCUT2D eigenvalue weighted by atomic mass is 10.0. The van der Waals surface area contributed by atoms with Crippen molar-refractivity contribution in [1.82, 2.24) is 8.61 Å². The molecule has 2 aliphatic heterocycles. The summed E-state index contributed by atoms with van der Waals surface area (Å²) in [4.78, 5) is 0. The maximum Gasteiger partial charge on any atom is 0.282 e. The smallest absolute Gasteiger partial charge is 0.282 e. The number of nitrogens with zero attached hydrogens (tertiary/aromatic N) is 2. The molecule has 0 spiro atoms. The number of hydrogen-bond acceptors (Lipinski definition) is 3. The lowest BCUT2D eigenvalue weighted by Crippen LogP contribution is -2.60. The van der Waals surface area contributed by atoms with Crippen molar-refractivity contribution in [2.24, 2.45) is 5.92 Å². The second kappa shape index (κ2) is 5.85. The van der Waals surface area contributed by atoms with Crippen LogP contribution in [0.15, 0.2) is 0 Å². The molecule has 2 rings (SSSR count). The van der Waals surface area contributed by atoms with Gasteiger partial charge in [-0.05, 0) is 32.6 Å². The molecule has 0 N–H and O–H groups in total. The van der Waals surface area contributed by atoms with E-state index in [9.17, 15) is 8.42 Å². The van der Waals surface area contributed by atoms with E-state index in [2.05, 4.69) is 0 Å². The fourth-order valence-corrected chi connectivity index (χ4v) is 5.05. The molecule has 1 unspecified atom stereocenters. The van der Waals surface area contributed by atoms with E-state index in [1.165, 1.54) is 0 Å². The van der Waals surface area contributed by atoms with Crippen molar-refractivity contribution in [2.75, 3.05) is 38.7 Å². The highest BCUT2D eigenvalue weighted by Crippen LogP contribution is 2.28. The maximum absolute atomic E-state index is 12.8. The molecule has 112 valence electrons. The van der Waals surface area contributed by atoms with E-state index in [4.69, 9.17) is 16.3 Å². The predicted octanol–water partition coefficient (Wildman–Crippen LogP) is 1.29. The van der Waals surface area contributed by atoms with E-state index in [-0.39, 0.29) is 5.92 Å². The summed E-state index contributed by atoms with van der Waals surface area (Å²) in [5.74, 6) is 0.799. The Morgan fingerprint density at radius 1 is 1.37 bits per heavy atom. The van der Waals surface area contributed by atoms with Crippen LogP contribution >= 0.6 is 11.6 Å². The first-order valence-electron chi connectivity index (χ1n) is 6.79. The van der Waals surface area contributed by atoms with Crippen molar-refractivity contribution in [3.05, 3.63) is 0 Å². The Morgan fingerprint density at radius 3 is 2.74 bits per heavy atom. The minimum Gasteiger partial charge on any atom is -0.378 e. The van der Waals surface area contributed by atoms with E-state index in [0.29, 0.717) is 38.7 Å². The molecule has 0 aromatic rings. The van der Waals surface area contributed by atoms with Gasteiger partial charge < -0.3 is 4.74 Å². The van der Waals surface area contributed by atoms with Gasteiger partial charge in [0.25, 0.3) is 10.2 Å². The van der Waals surface area contributed by atoms with E-state index < -0.39 is 15.7 Å². The van der Waals surface area contributed by atoms with Crippen LogP contribution in [0.5, 0.6) is 0 Å². The zero-order valence-corrected chi connectivity index (χ0v) is 13.2. The van der Waals surface area contributed by atoms with Gasteiger partial charge in [0, 0.05) is 25.5 Å².